The second kappa shape index (κ2) is 9.01. The predicted octanol–water partition coefficient (Wildman–Crippen LogP) is 2.89. The van der Waals surface area contributed by atoms with Crippen LogP contribution in [0.4, 0.5) is 5.69 Å². The second-order valence-corrected chi connectivity index (χ2v) is 13.4. The van der Waals surface area contributed by atoms with Crippen LogP contribution in [0.5, 0.6) is 0 Å². The van der Waals surface area contributed by atoms with Crippen LogP contribution in [0.2, 0.25) is 0 Å². The van der Waals surface area contributed by atoms with Crippen molar-refractivity contribution in [1.29, 1.82) is 0 Å². The number of carbonyl (C=O) groups is 1. The van der Waals surface area contributed by atoms with Crippen LogP contribution in [0, 0.1) is 11.8 Å². The summed E-state index contributed by atoms with van der Waals surface area (Å²) in [5.41, 5.74) is 2.73. The van der Waals surface area contributed by atoms with Gasteiger partial charge in [-0.2, -0.15) is 5.12 Å². The molecule has 2 saturated carbocycles. The van der Waals surface area contributed by atoms with Crippen molar-refractivity contribution in [3.63, 3.8) is 0 Å². The van der Waals surface area contributed by atoms with Crippen LogP contribution in [-0.4, -0.2) is 64.9 Å². The fraction of sp³-hybridized carbons (Fsp3) is 0.654. The number of amides is 1. The molecule has 5 rings (SSSR count). The number of hydrogen-bond donors (Lipinski definition) is 3. The van der Waals surface area contributed by atoms with Gasteiger partial charge in [-0.1, -0.05) is 0 Å². The van der Waals surface area contributed by atoms with Gasteiger partial charge in [0.05, 0.1) is 35.3 Å². The van der Waals surface area contributed by atoms with Gasteiger partial charge in [0.1, 0.15) is 0 Å². The summed E-state index contributed by atoms with van der Waals surface area (Å²) in [6.07, 6.45) is 9.08. The number of aliphatic hydroxyl groups is 1. The highest BCUT2D eigenvalue weighted by Crippen LogP contribution is 2.43. The van der Waals surface area contributed by atoms with Crippen molar-refractivity contribution in [2.45, 2.75) is 83.5 Å². The molecule has 4 N–H and O–H groups in total. The smallest absolute Gasteiger partial charge is 0.256 e. The monoisotopic (exact) mass is 517 g/mol. The predicted molar refractivity (Wildman–Crippen MR) is 140 cm³/mol. The number of carbonyl (C=O) groups excluding carboxylic acids is 1. The minimum absolute atomic E-state index is 0.107. The van der Waals surface area contributed by atoms with Gasteiger partial charge in [0, 0.05) is 24.2 Å². The van der Waals surface area contributed by atoms with Gasteiger partial charge in [-0.15, -0.1) is 0 Å². The maximum atomic E-state index is 13.4. The number of nitrogens with one attached hydrogen (secondary N) is 1. The highest BCUT2D eigenvalue weighted by molar-refractivity contribution is 7.92. The highest BCUT2D eigenvalue weighted by atomic mass is 32.2. The first-order chi connectivity index (χ1) is 16.8. The minimum atomic E-state index is -3.58. The van der Waals surface area contributed by atoms with Crippen molar-refractivity contribution in [3.05, 3.63) is 34.9 Å². The fourth-order valence-corrected chi connectivity index (χ4v) is 6.81. The molecule has 36 heavy (non-hydrogen) atoms. The Bertz CT molecular complexity index is 1180. The van der Waals surface area contributed by atoms with E-state index in [4.69, 9.17) is 5.84 Å². The number of rotatable bonds is 7. The third kappa shape index (κ3) is 4.88. The summed E-state index contributed by atoms with van der Waals surface area (Å²) in [7, 11) is -3.58. The molecule has 2 heterocycles. The Labute approximate surface area is 214 Å². The van der Waals surface area contributed by atoms with E-state index in [2.05, 4.69) is 22.7 Å². The van der Waals surface area contributed by atoms with E-state index in [1.165, 1.54) is 0 Å². The Kier molecular flexibility index (Phi) is 6.38. The number of benzene rings is 1. The van der Waals surface area contributed by atoms with Gasteiger partial charge in [-0.05, 0) is 94.9 Å². The van der Waals surface area contributed by atoms with E-state index in [1.54, 1.807) is 11.2 Å². The maximum Gasteiger partial charge on any atom is 0.256 e. The first-order valence-corrected chi connectivity index (χ1v) is 14.9. The molecular weight excluding hydrogens is 478 g/mol. The Hall–Kier alpha value is -2.14. The largest absolute Gasteiger partial charge is 0.390 e. The normalized spacial score (nSPS) is 26.3. The molecule has 0 radical (unpaired) electrons. The lowest BCUT2D eigenvalue weighted by molar-refractivity contribution is -0.0374. The van der Waals surface area contributed by atoms with E-state index >= 15 is 0 Å². The first-order valence-electron chi connectivity index (χ1n) is 13.0. The number of hydrazine groups is 2. The molecule has 1 unspecified atom stereocenters. The van der Waals surface area contributed by atoms with Gasteiger partial charge in [0.25, 0.3) is 5.91 Å². The number of fused-ring (bicyclic) bond motifs is 1. The number of sulfonamides is 1. The molecule has 198 valence electrons. The van der Waals surface area contributed by atoms with Crippen LogP contribution in [-0.2, 0) is 16.6 Å². The van der Waals surface area contributed by atoms with Crippen LogP contribution < -0.4 is 10.6 Å². The van der Waals surface area contributed by atoms with Crippen LogP contribution in [0.15, 0.2) is 18.2 Å². The number of hydrogen-bond acceptors (Lipinski definition) is 7. The van der Waals surface area contributed by atoms with E-state index < -0.39 is 15.6 Å². The molecule has 10 heteroatoms. The number of nitrogens with two attached hydrogens (primary N) is 1. The van der Waals surface area contributed by atoms with Gasteiger partial charge >= 0.3 is 0 Å². The van der Waals surface area contributed by atoms with E-state index in [0.29, 0.717) is 30.3 Å². The van der Waals surface area contributed by atoms with Gasteiger partial charge < -0.3 is 10.0 Å². The zero-order valence-electron chi connectivity index (χ0n) is 21.7. The Balaban J connectivity index is 1.46. The highest BCUT2D eigenvalue weighted by Gasteiger charge is 2.41. The molecule has 4 aliphatic rings. The molecule has 0 spiro atoms. The molecule has 1 amide bonds. The van der Waals surface area contributed by atoms with E-state index in [0.717, 1.165) is 61.6 Å². The molecule has 0 saturated heterocycles. The van der Waals surface area contributed by atoms with E-state index in [-0.39, 0.29) is 23.9 Å². The van der Waals surface area contributed by atoms with Crippen molar-refractivity contribution in [2.24, 2.45) is 17.7 Å². The first kappa shape index (κ1) is 25.5. The second-order valence-electron chi connectivity index (χ2n) is 11.7. The number of nitrogens with zero attached hydrogens (tertiary/aromatic N) is 3. The lowest BCUT2D eigenvalue weighted by Gasteiger charge is -2.42. The SMILES string of the molecule is CC(C1CC1)N1Cc2cc(C3=CCN(N)N3C3CCC(C(C)(C)O)CC3)cc(NS(C)(=O)=O)c2C1=O. The Morgan fingerprint density at radius 3 is 2.39 bits per heavy atom. The molecule has 1 atom stereocenters. The van der Waals surface area contributed by atoms with E-state index in [9.17, 15) is 18.3 Å². The molecule has 9 nitrogen and oxygen atoms in total. The summed E-state index contributed by atoms with van der Waals surface area (Å²) in [6, 6.07) is 4.13. The van der Waals surface area contributed by atoms with Crippen LogP contribution in [0.1, 0.15) is 80.8 Å². The lowest BCUT2D eigenvalue weighted by atomic mass is 9.77. The van der Waals surface area contributed by atoms with Gasteiger partial charge in [0.15, 0.2) is 0 Å². The number of anilines is 1. The van der Waals surface area contributed by atoms with Crippen molar-refractivity contribution < 1.29 is 18.3 Å². The molecule has 2 aliphatic carbocycles. The van der Waals surface area contributed by atoms with Crippen molar-refractivity contribution in [3.8, 4) is 0 Å². The summed E-state index contributed by atoms with van der Waals surface area (Å²) in [5.74, 6) is 7.09. The van der Waals surface area contributed by atoms with Crippen LogP contribution >= 0.6 is 0 Å². The molecule has 1 aromatic rings. The van der Waals surface area contributed by atoms with E-state index in [1.807, 2.05) is 24.8 Å². The summed E-state index contributed by atoms with van der Waals surface area (Å²) >= 11 is 0. The standard InChI is InChI=1S/C26H39N5O4S/c1-16(17-5-6-17)29-15-19-13-18(14-22(24(19)25(29)32)28-36(4,34)35)23-11-12-30(27)31(23)21-9-7-20(8-10-21)26(2,3)33/h11,13-14,16-17,20-21,28,33H,5-10,12,15,27H2,1-4H3. The average Bonchev–Trinajstić information content (AvgIpc) is 3.48. The topological polar surface area (TPSA) is 119 Å². The average molecular weight is 518 g/mol. The summed E-state index contributed by atoms with van der Waals surface area (Å²) in [4.78, 5) is 15.3. The minimum Gasteiger partial charge on any atom is -0.390 e. The fourth-order valence-electron chi connectivity index (χ4n) is 6.25. The summed E-state index contributed by atoms with van der Waals surface area (Å²) in [6.45, 7) is 6.88. The third-order valence-corrected chi connectivity index (χ3v) is 9.05. The zero-order chi connectivity index (χ0) is 26.0. The van der Waals surface area contributed by atoms with Crippen LogP contribution in [0.3, 0.4) is 0 Å². The van der Waals surface area contributed by atoms with Crippen LogP contribution in [0.25, 0.3) is 5.70 Å². The summed E-state index contributed by atoms with van der Waals surface area (Å²) < 4.78 is 27.1. The Morgan fingerprint density at radius 2 is 1.81 bits per heavy atom. The molecule has 2 fully saturated rings. The summed E-state index contributed by atoms with van der Waals surface area (Å²) in [5, 5.41) is 14.3. The molecule has 0 bridgehead atoms. The van der Waals surface area contributed by atoms with Gasteiger partial charge in [-0.3, -0.25) is 20.4 Å². The molecule has 0 aromatic heterocycles. The molecule has 1 aromatic carbocycles. The molecular formula is C26H39N5O4S. The van der Waals surface area contributed by atoms with Gasteiger partial charge in [-0.25, -0.2) is 8.42 Å². The molecule has 2 aliphatic heterocycles. The van der Waals surface area contributed by atoms with Crippen molar-refractivity contribution in [1.82, 2.24) is 15.0 Å². The van der Waals surface area contributed by atoms with Crippen molar-refractivity contribution in [2.75, 3.05) is 17.5 Å². The maximum absolute atomic E-state index is 13.4. The third-order valence-electron chi connectivity index (χ3n) is 8.46. The quantitative estimate of drug-likeness (QED) is 0.476. The Morgan fingerprint density at radius 1 is 1.14 bits per heavy atom. The van der Waals surface area contributed by atoms with Crippen molar-refractivity contribution >= 4 is 27.3 Å². The lowest BCUT2D eigenvalue weighted by Crippen LogP contribution is -2.50. The van der Waals surface area contributed by atoms with Gasteiger partial charge in [0.2, 0.25) is 10.0 Å². The zero-order valence-corrected chi connectivity index (χ0v) is 22.5.